The van der Waals surface area contributed by atoms with Crippen LogP contribution in [0.4, 0.5) is 0 Å². The highest BCUT2D eigenvalue weighted by Crippen LogP contribution is 2.33. The van der Waals surface area contributed by atoms with Crippen molar-refractivity contribution < 1.29 is 9.53 Å². The van der Waals surface area contributed by atoms with Crippen LogP contribution in [0.1, 0.15) is 16.8 Å². The fourth-order valence-electron chi connectivity index (χ4n) is 2.99. The monoisotopic (exact) mass is 341 g/mol. The molecule has 0 spiro atoms. The van der Waals surface area contributed by atoms with Crippen molar-refractivity contribution in [3.05, 3.63) is 29.0 Å². The summed E-state index contributed by atoms with van der Waals surface area (Å²) < 4.78 is 5.45. The second-order valence-corrected chi connectivity index (χ2v) is 7.17. The zero-order chi connectivity index (χ0) is 15.4. The van der Waals surface area contributed by atoms with E-state index >= 15 is 0 Å². The molecular weight excluding hydrogens is 322 g/mol. The third-order valence-electron chi connectivity index (χ3n) is 4.33. The second kappa shape index (κ2) is 7.17. The number of amides is 1. The van der Waals surface area contributed by atoms with E-state index in [4.69, 9.17) is 16.3 Å². The summed E-state index contributed by atoms with van der Waals surface area (Å²) in [5, 5.41) is 3.48. The predicted octanol–water partition coefficient (Wildman–Crippen LogP) is 1.67. The first-order chi connectivity index (χ1) is 10.7. The van der Waals surface area contributed by atoms with Crippen molar-refractivity contribution in [2.24, 2.45) is 0 Å². The second-order valence-electron chi connectivity index (χ2n) is 5.68. The molecule has 2 aliphatic heterocycles. The molecular formula is C15H20ClN3O2S. The van der Waals surface area contributed by atoms with Gasteiger partial charge in [0.05, 0.1) is 18.8 Å². The van der Waals surface area contributed by atoms with Crippen molar-refractivity contribution in [3.63, 3.8) is 0 Å². The summed E-state index contributed by atoms with van der Waals surface area (Å²) in [7, 11) is 0. The first-order valence-electron chi connectivity index (χ1n) is 7.50. The normalized spacial score (nSPS) is 26.0. The van der Waals surface area contributed by atoms with Gasteiger partial charge in [-0.15, -0.1) is 0 Å². The van der Waals surface area contributed by atoms with E-state index in [-0.39, 0.29) is 11.4 Å². The fourth-order valence-corrected chi connectivity index (χ4v) is 4.58. The van der Waals surface area contributed by atoms with Crippen molar-refractivity contribution in [3.8, 4) is 0 Å². The van der Waals surface area contributed by atoms with E-state index in [1.54, 1.807) is 12.1 Å². The Morgan fingerprint density at radius 3 is 2.91 bits per heavy atom. The van der Waals surface area contributed by atoms with Crippen LogP contribution in [-0.2, 0) is 4.74 Å². The molecule has 1 N–H and O–H groups in total. The summed E-state index contributed by atoms with van der Waals surface area (Å²) in [6.45, 7) is 4.11. The van der Waals surface area contributed by atoms with Gasteiger partial charge in [-0.3, -0.25) is 9.69 Å². The minimum atomic E-state index is -0.0892. The van der Waals surface area contributed by atoms with Gasteiger partial charge in [-0.25, -0.2) is 4.98 Å². The van der Waals surface area contributed by atoms with Gasteiger partial charge >= 0.3 is 0 Å². The van der Waals surface area contributed by atoms with E-state index in [0.29, 0.717) is 17.3 Å². The summed E-state index contributed by atoms with van der Waals surface area (Å²) in [5.74, 6) is 2.12. The van der Waals surface area contributed by atoms with E-state index < -0.39 is 0 Å². The molecule has 0 aliphatic carbocycles. The Bertz CT molecular complexity index is 514. The molecule has 2 aliphatic rings. The molecule has 1 atom stereocenters. The van der Waals surface area contributed by atoms with E-state index in [0.717, 1.165) is 44.2 Å². The summed E-state index contributed by atoms with van der Waals surface area (Å²) in [4.78, 5) is 18.7. The van der Waals surface area contributed by atoms with Crippen LogP contribution >= 0.6 is 23.4 Å². The molecule has 2 saturated heterocycles. The predicted molar refractivity (Wildman–Crippen MR) is 88.6 cm³/mol. The highest BCUT2D eigenvalue weighted by atomic mass is 35.5. The molecule has 2 fully saturated rings. The summed E-state index contributed by atoms with van der Waals surface area (Å²) in [5.41, 5.74) is 0.608. The third kappa shape index (κ3) is 3.56. The van der Waals surface area contributed by atoms with Crippen molar-refractivity contribution in [1.29, 1.82) is 0 Å². The molecule has 3 heterocycles. The average molecular weight is 342 g/mol. The molecule has 7 heteroatoms. The maximum absolute atomic E-state index is 12.3. The number of carbonyl (C=O) groups is 1. The van der Waals surface area contributed by atoms with E-state index in [9.17, 15) is 4.79 Å². The Morgan fingerprint density at radius 2 is 2.27 bits per heavy atom. The molecule has 0 aromatic carbocycles. The molecule has 1 amide bonds. The van der Waals surface area contributed by atoms with Gasteiger partial charge in [-0.1, -0.05) is 11.6 Å². The zero-order valence-corrected chi connectivity index (χ0v) is 14.0. The molecule has 0 bridgehead atoms. The molecule has 120 valence electrons. The Balaban J connectivity index is 1.64. The van der Waals surface area contributed by atoms with E-state index in [2.05, 4.69) is 15.2 Å². The van der Waals surface area contributed by atoms with Crippen LogP contribution in [0.3, 0.4) is 0 Å². The van der Waals surface area contributed by atoms with Crippen LogP contribution < -0.4 is 5.32 Å². The lowest BCUT2D eigenvalue weighted by atomic mass is 9.95. The SMILES string of the molecule is O=C(NC[C@@]1(N2CCOCC2)CCSC1)c1ccc(Cl)nc1. The third-order valence-corrected chi connectivity index (χ3v) is 5.79. The molecule has 0 radical (unpaired) electrons. The minimum Gasteiger partial charge on any atom is -0.379 e. The van der Waals surface area contributed by atoms with Crippen LogP contribution in [0, 0.1) is 0 Å². The van der Waals surface area contributed by atoms with Crippen molar-refractivity contribution in [2.45, 2.75) is 12.0 Å². The number of morpholine rings is 1. The number of hydrogen-bond donors (Lipinski definition) is 1. The van der Waals surface area contributed by atoms with Gasteiger partial charge < -0.3 is 10.1 Å². The first-order valence-corrected chi connectivity index (χ1v) is 9.03. The lowest BCUT2D eigenvalue weighted by molar-refractivity contribution is -0.0129. The molecule has 3 rings (SSSR count). The van der Waals surface area contributed by atoms with Gasteiger partial charge in [0.1, 0.15) is 5.15 Å². The topological polar surface area (TPSA) is 54.5 Å². The van der Waals surface area contributed by atoms with Gasteiger partial charge in [0, 0.05) is 37.1 Å². The number of thioether (sulfide) groups is 1. The zero-order valence-electron chi connectivity index (χ0n) is 12.4. The maximum atomic E-state index is 12.3. The smallest absolute Gasteiger partial charge is 0.252 e. The van der Waals surface area contributed by atoms with Gasteiger partial charge in [-0.05, 0) is 24.3 Å². The number of nitrogens with one attached hydrogen (secondary N) is 1. The van der Waals surface area contributed by atoms with Gasteiger partial charge in [0.2, 0.25) is 0 Å². The molecule has 22 heavy (non-hydrogen) atoms. The van der Waals surface area contributed by atoms with E-state index in [1.165, 1.54) is 6.20 Å². The Kier molecular flexibility index (Phi) is 5.23. The number of pyridine rings is 1. The molecule has 1 aromatic rings. The Morgan fingerprint density at radius 1 is 1.45 bits per heavy atom. The first kappa shape index (κ1) is 16.1. The van der Waals surface area contributed by atoms with Gasteiger partial charge in [0.25, 0.3) is 5.91 Å². The number of rotatable bonds is 4. The lowest BCUT2D eigenvalue weighted by Crippen LogP contribution is -2.59. The van der Waals surface area contributed by atoms with Gasteiger partial charge in [0.15, 0.2) is 0 Å². The van der Waals surface area contributed by atoms with Crippen LogP contribution in [0.15, 0.2) is 18.3 Å². The summed E-state index contributed by atoms with van der Waals surface area (Å²) >= 11 is 7.72. The largest absolute Gasteiger partial charge is 0.379 e. The van der Waals surface area contributed by atoms with Gasteiger partial charge in [-0.2, -0.15) is 11.8 Å². The lowest BCUT2D eigenvalue weighted by Gasteiger charge is -2.43. The van der Waals surface area contributed by atoms with Crippen LogP contribution in [0.5, 0.6) is 0 Å². The fraction of sp³-hybridized carbons (Fsp3) is 0.600. The van der Waals surface area contributed by atoms with Crippen LogP contribution in [-0.4, -0.2) is 65.7 Å². The van der Waals surface area contributed by atoms with Crippen LogP contribution in [0.2, 0.25) is 5.15 Å². The number of ether oxygens (including phenoxy) is 1. The molecule has 5 nitrogen and oxygen atoms in total. The summed E-state index contributed by atoms with van der Waals surface area (Å²) in [6, 6.07) is 3.34. The molecule has 0 saturated carbocycles. The number of aromatic nitrogens is 1. The number of carbonyl (C=O) groups excluding carboxylic acids is 1. The quantitative estimate of drug-likeness (QED) is 0.844. The maximum Gasteiger partial charge on any atom is 0.252 e. The standard InChI is InChI=1S/C15H20ClN3O2S/c16-13-2-1-12(9-17-13)14(20)18-10-15(3-8-22-11-15)19-4-6-21-7-5-19/h1-2,9H,3-8,10-11H2,(H,18,20)/t15-/m0/s1. The van der Waals surface area contributed by atoms with Crippen molar-refractivity contribution in [2.75, 3.05) is 44.4 Å². The minimum absolute atomic E-state index is 0.0595. The summed E-state index contributed by atoms with van der Waals surface area (Å²) in [6.07, 6.45) is 2.62. The van der Waals surface area contributed by atoms with Crippen LogP contribution in [0.25, 0.3) is 0 Å². The highest BCUT2D eigenvalue weighted by molar-refractivity contribution is 7.99. The molecule has 1 aromatic heterocycles. The Labute approximate surface area is 139 Å². The van der Waals surface area contributed by atoms with Crippen molar-refractivity contribution in [1.82, 2.24) is 15.2 Å². The molecule has 0 unspecified atom stereocenters. The number of nitrogens with zero attached hydrogens (tertiary/aromatic N) is 2. The number of hydrogen-bond acceptors (Lipinski definition) is 5. The number of halogens is 1. The highest BCUT2D eigenvalue weighted by Gasteiger charge is 2.40. The van der Waals surface area contributed by atoms with E-state index in [1.807, 2.05) is 11.8 Å². The average Bonchev–Trinajstić information content (AvgIpc) is 3.04. The van der Waals surface area contributed by atoms with Crippen molar-refractivity contribution >= 4 is 29.3 Å². The Hall–Kier alpha value is -0.820.